The molecule has 1 fully saturated rings. The molecule has 5 heteroatoms. The number of rotatable bonds is 4. The molecule has 1 aromatic rings. The number of allylic oxidation sites excluding steroid dienone is 4. The van der Waals surface area contributed by atoms with Gasteiger partial charge in [-0.25, -0.2) is 4.79 Å². The van der Waals surface area contributed by atoms with Crippen molar-refractivity contribution in [3.8, 4) is 12.1 Å². The van der Waals surface area contributed by atoms with Crippen LogP contribution < -0.4 is 0 Å². The molecule has 0 heterocycles. The number of nitrogens with zero attached hydrogens (tertiary/aromatic N) is 2. The summed E-state index contributed by atoms with van der Waals surface area (Å²) in [6.07, 6.45) is 7.68. The van der Waals surface area contributed by atoms with Crippen LogP contribution in [-0.2, 0) is 4.74 Å². The van der Waals surface area contributed by atoms with Crippen molar-refractivity contribution in [2.45, 2.75) is 31.8 Å². The molecule has 0 saturated heterocycles. The average Bonchev–Trinajstić information content (AvgIpc) is 2.63. The van der Waals surface area contributed by atoms with E-state index in [1.54, 1.807) is 30.3 Å². The Bertz CT molecular complexity index is 715. The molecule has 1 aliphatic carbocycles. The van der Waals surface area contributed by atoms with Crippen LogP contribution in [0.15, 0.2) is 48.3 Å². The van der Waals surface area contributed by atoms with E-state index in [0.29, 0.717) is 17.0 Å². The SMILES string of the molecule is N#C/C(F)=C/C=C/C1CCC(OC(=O)c2ccc(C#N)cc2)CC1. The van der Waals surface area contributed by atoms with Crippen molar-refractivity contribution in [1.82, 2.24) is 0 Å². The lowest BCUT2D eigenvalue weighted by atomic mass is 9.87. The van der Waals surface area contributed by atoms with Gasteiger partial charge in [-0.05, 0) is 61.9 Å². The molecule has 0 atom stereocenters. The Labute approximate surface area is 140 Å². The highest BCUT2D eigenvalue weighted by atomic mass is 19.1. The maximum atomic E-state index is 12.7. The predicted molar refractivity (Wildman–Crippen MR) is 86.3 cm³/mol. The van der Waals surface area contributed by atoms with Crippen molar-refractivity contribution in [2.24, 2.45) is 5.92 Å². The van der Waals surface area contributed by atoms with Crippen LogP contribution in [0.25, 0.3) is 0 Å². The number of hydrogen-bond acceptors (Lipinski definition) is 4. The molecule has 0 bridgehead atoms. The number of benzene rings is 1. The van der Waals surface area contributed by atoms with Crippen LogP contribution in [0, 0.1) is 28.6 Å². The molecule has 0 amide bonds. The number of hydrogen-bond donors (Lipinski definition) is 0. The molecule has 1 aromatic carbocycles. The molecule has 1 aliphatic rings. The third kappa shape index (κ3) is 5.07. The van der Waals surface area contributed by atoms with Gasteiger partial charge in [-0.1, -0.05) is 12.2 Å². The fourth-order valence-electron chi connectivity index (χ4n) is 2.63. The lowest BCUT2D eigenvalue weighted by molar-refractivity contribution is 0.0185. The highest BCUT2D eigenvalue weighted by Crippen LogP contribution is 2.27. The van der Waals surface area contributed by atoms with Crippen molar-refractivity contribution < 1.29 is 13.9 Å². The Balaban J connectivity index is 1.81. The molecule has 0 unspecified atom stereocenters. The van der Waals surface area contributed by atoms with Crippen LogP contribution in [0.4, 0.5) is 4.39 Å². The fourth-order valence-corrected chi connectivity index (χ4v) is 2.63. The topological polar surface area (TPSA) is 73.9 Å². The van der Waals surface area contributed by atoms with E-state index in [4.69, 9.17) is 15.3 Å². The number of halogens is 1. The zero-order chi connectivity index (χ0) is 17.4. The molecular formula is C19H17FN2O2. The van der Waals surface area contributed by atoms with Crippen molar-refractivity contribution >= 4 is 5.97 Å². The first-order valence-electron chi connectivity index (χ1n) is 7.77. The highest BCUT2D eigenvalue weighted by molar-refractivity contribution is 5.89. The Kier molecular flexibility index (Phi) is 6.28. The van der Waals surface area contributed by atoms with Crippen molar-refractivity contribution in [2.75, 3.05) is 0 Å². The van der Waals surface area contributed by atoms with Crippen LogP contribution >= 0.6 is 0 Å². The van der Waals surface area contributed by atoms with Gasteiger partial charge in [0.15, 0.2) is 5.83 Å². The smallest absolute Gasteiger partial charge is 0.338 e. The van der Waals surface area contributed by atoms with E-state index in [2.05, 4.69) is 0 Å². The molecule has 0 N–H and O–H groups in total. The fraction of sp³-hybridized carbons (Fsp3) is 0.316. The zero-order valence-corrected chi connectivity index (χ0v) is 13.1. The van der Waals surface area contributed by atoms with Crippen LogP contribution in [-0.4, -0.2) is 12.1 Å². The second-order valence-corrected chi connectivity index (χ2v) is 5.64. The molecule has 24 heavy (non-hydrogen) atoms. The summed E-state index contributed by atoms with van der Waals surface area (Å²) in [7, 11) is 0. The Hall–Kier alpha value is -2.92. The Morgan fingerprint density at radius 1 is 1.17 bits per heavy atom. The Morgan fingerprint density at radius 2 is 1.83 bits per heavy atom. The summed E-state index contributed by atoms with van der Waals surface area (Å²) in [5.74, 6) is -0.883. The van der Waals surface area contributed by atoms with E-state index in [-0.39, 0.29) is 12.1 Å². The molecule has 0 aliphatic heterocycles. The van der Waals surface area contributed by atoms with E-state index < -0.39 is 5.83 Å². The van der Waals surface area contributed by atoms with E-state index >= 15 is 0 Å². The molecule has 4 nitrogen and oxygen atoms in total. The summed E-state index contributed by atoms with van der Waals surface area (Å²) in [4.78, 5) is 12.1. The second kappa shape index (κ2) is 8.64. The van der Waals surface area contributed by atoms with Crippen molar-refractivity contribution in [3.63, 3.8) is 0 Å². The lowest BCUT2D eigenvalue weighted by Gasteiger charge is -2.26. The summed E-state index contributed by atoms with van der Waals surface area (Å²) in [6, 6.07) is 9.78. The van der Waals surface area contributed by atoms with Crippen molar-refractivity contribution in [3.05, 3.63) is 59.4 Å². The number of nitriles is 2. The minimum absolute atomic E-state index is 0.121. The van der Waals surface area contributed by atoms with Gasteiger partial charge in [0.05, 0.1) is 17.2 Å². The first kappa shape index (κ1) is 17.4. The third-order valence-corrected chi connectivity index (χ3v) is 3.97. The first-order chi connectivity index (χ1) is 11.6. The van der Waals surface area contributed by atoms with Gasteiger partial charge in [-0.15, -0.1) is 0 Å². The second-order valence-electron chi connectivity index (χ2n) is 5.64. The van der Waals surface area contributed by atoms with Crippen LogP contribution in [0.5, 0.6) is 0 Å². The van der Waals surface area contributed by atoms with Gasteiger partial charge in [0, 0.05) is 0 Å². The van der Waals surface area contributed by atoms with Gasteiger partial charge in [-0.2, -0.15) is 14.9 Å². The normalized spacial score (nSPS) is 21.0. The van der Waals surface area contributed by atoms with Gasteiger partial charge in [0.2, 0.25) is 0 Å². The number of carbonyl (C=O) groups excluding carboxylic acids is 1. The maximum absolute atomic E-state index is 12.7. The minimum atomic E-state index is -0.809. The largest absolute Gasteiger partial charge is 0.459 e. The summed E-state index contributed by atoms with van der Waals surface area (Å²) < 4.78 is 18.2. The van der Waals surface area contributed by atoms with Gasteiger partial charge in [-0.3, -0.25) is 0 Å². The number of carbonyl (C=O) groups is 1. The summed E-state index contributed by atoms with van der Waals surface area (Å²) in [6.45, 7) is 0. The molecule has 0 spiro atoms. The van der Waals surface area contributed by atoms with E-state index in [1.807, 2.05) is 12.1 Å². The van der Waals surface area contributed by atoms with E-state index in [0.717, 1.165) is 31.8 Å². The molecular weight excluding hydrogens is 307 g/mol. The van der Waals surface area contributed by atoms with Gasteiger partial charge < -0.3 is 4.74 Å². The number of ether oxygens (including phenoxy) is 1. The standard InChI is InChI=1S/C19H17FN2O2/c20-17(13-22)3-1-2-14-6-10-18(11-7-14)24-19(23)16-8-4-15(12-21)5-9-16/h1-5,8-9,14,18H,6-7,10-11H2/b2-1+,17-3-. The van der Waals surface area contributed by atoms with Gasteiger partial charge in [0.1, 0.15) is 12.2 Å². The predicted octanol–water partition coefficient (Wildman–Crippen LogP) is 4.21. The van der Waals surface area contributed by atoms with Crippen molar-refractivity contribution in [1.29, 1.82) is 10.5 Å². The molecule has 122 valence electrons. The van der Waals surface area contributed by atoms with E-state index in [1.165, 1.54) is 6.07 Å². The molecule has 0 radical (unpaired) electrons. The summed E-state index contributed by atoms with van der Waals surface area (Å²) in [5.41, 5.74) is 0.939. The molecule has 0 aromatic heterocycles. The van der Waals surface area contributed by atoms with Crippen LogP contribution in [0.2, 0.25) is 0 Å². The molecule has 1 saturated carbocycles. The summed E-state index contributed by atoms with van der Waals surface area (Å²) >= 11 is 0. The maximum Gasteiger partial charge on any atom is 0.338 e. The molecule has 2 rings (SSSR count). The first-order valence-corrected chi connectivity index (χ1v) is 7.77. The Morgan fingerprint density at radius 3 is 2.42 bits per heavy atom. The third-order valence-electron chi connectivity index (χ3n) is 3.97. The minimum Gasteiger partial charge on any atom is -0.459 e. The van der Waals surface area contributed by atoms with Crippen LogP contribution in [0.3, 0.4) is 0 Å². The van der Waals surface area contributed by atoms with E-state index in [9.17, 15) is 9.18 Å². The average molecular weight is 324 g/mol. The zero-order valence-electron chi connectivity index (χ0n) is 13.1. The van der Waals surface area contributed by atoms with Gasteiger partial charge in [0.25, 0.3) is 0 Å². The summed E-state index contributed by atoms with van der Waals surface area (Å²) in [5, 5.41) is 17.1. The lowest BCUT2D eigenvalue weighted by Crippen LogP contribution is -2.24. The monoisotopic (exact) mass is 324 g/mol. The van der Waals surface area contributed by atoms with Gasteiger partial charge >= 0.3 is 5.97 Å². The quantitative estimate of drug-likeness (QED) is 0.472. The highest BCUT2D eigenvalue weighted by Gasteiger charge is 2.23. The van der Waals surface area contributed by atoms with Crippen LogP contribution in [0.1, 0.15) is 41.6 Å². The number of esters is 1.